The number of carboxylic acid groups (broad SMARTS) is 1. The molecule has 0 bridgehead atoms. The summed E-state index contributed by atoms with van der Waals surface area (Å²) in [5.74, 6) is -4.84. The van der Waals surface area contributed by atoms with Crippen LogP contribution in [0.1, 0.15) is 120 Å². The molecule has 0 amide bonds. The van der Waals surface area contributed by atoms with Gasteiger partial charge in [-0.25, -0.2) is 4.79 Å². The van der Waals surface area contributed by atoms with Gasteiger partial charge in [-0.2, -0.15) is 0 Å². The Kier molecular flexibility index (Phi) is 22.2. The number of esters is 2. The molecule has 33 heteroatoms. The van der Waals surface area contributed by atoms with Gasteiger partial charge in [0.05, 0.1) is 49.7 Å². The maximum Gasteiger partial charge on any atom is 0.335 e. The summed E-state index contributed by atoms with van der Waals surface area (Å²) in [6.07, 6.45) is -46.1. The molecule has 16 N–H and O–H groups in total. The van der Waals surface area contributed by atoms with Crippen LogP contribution in [-0.4, -0.2) is 310 Å². The molecule has 5 aliphatic carbocycles. The summed E-state index contributed by atoms with van der Waals surface area (Å²) < 4.78 is 78.8. The van der Waals surface area contributed by atoms with E-state index >= 15 is 4.79 Å². The highest BCUT2D eigenvalue weighted by atomic mass is 16.8. The molecule has 11 aliphatic rings. The predicted molar refractivity (Wildman–Crippen MR) is 325 cm³/mol. The number of carbonyl (C=O) groups is 4. The van der Waals surface area contributed by atoms with Gasteiger partial charge in [-0.1, -0.05) is 53.2 Å². The number of carbonyl (C=O) groups excluding carboxylic acids is 3. The number of ether oxygens (including phenoxy) is 13. The van der Waals surface area contributed by atoms with Crippen molar-refractivity contribution in [1.82, 2.24) is 0 Å². The molecule has 0 aromatic carbocycles. The quantitative estimate of drug-likeness (QED) is 0.0284. The number of aliphatic hydroxyl groups excluding tert-OH is 15. The summed E-state index contributed by atoms with van der Waals surface area (Å²) in [5, 5.41) is 175. The standard InChI is InChI=1S/C66H102O33/c1-24-47(94-54-43(80)36(73)29(71)22-87-54)42(79)46(83)55(88-24)98-52-51(97-56-44(81)38(75)31(21-68)92-56)48(90-26(3)70)25(2)89-59(52)99-60(86)66-17-16-61(4,5)18-28(66)27-10-11-33-62(6)14-13-35(63(7,23-69)32(62)12-15-64(33,8)65(27,9)19-34(66)72)93-58-50(41(78)40(77)49(95-58)53(84)85)96-57-45(82)39(76)37(74)30(20-67)91-57/h10,23-25,28-52,54-59,67-68,71-83H,11-22H2,1-9H3,(H,84,85)/t24-,25+,28-,29+,30+,31+,32-,33+,34+,35-,36-,37-,38+,39-,40-,41-,42-,43+,44-,45+,46+,47-,48-,49-,50+,51+,52-,54-,55+,56+,57+,58+,59-,62-,63-,64+,65+,66+/m0/s1. The third-order valence-electron chi connectivity index (χ3n) is 25.1. The van der Waals surface area contributed by atoms with E-state index in [-0.39, 0.29) is 25.2 Å². The Morgan fingerprint density at radius 2 is 1.10 bits per heavy atom. The minimum Gasteiger partial charge on any atom is -0.479 e. The van der Waals surface area contributed by atoms with Crippen LogP contribution in [0.15, 0.2) is 11.6 Å². The van der Waals surface area contributed by atoms with Crippen LogP contribution in [0.3, 0.4) is 0 Å². The normalized spacial score (nSPS) is 53.5. The second kappa shape index (κ2) is 28.6. The maximum absolute atomic E-state index is 16.1. The lowest BCUT2D eigenvalue weighted by molar-refractivity contribution is -0.382. The second-order valence-electron chi connectivity index (χ2n) is 31.3. The number of hydrogen-bond donors (Lipinski definition) is 16. The molecule has 38 atom stereocenters. The number of hydrogen-bond acceptors (Lipinski definition) is 32. The largest absolute Gasteiger partial charge is 0.479 e. The van der Waals surface area contributed by atoms with Crippen LogP contribution in [-0.2, 0) is 80.8 Å². The Hall–Kier alpha value is -3.22. The van der Waals surface area contributed by atoms with Gasteiger partial charge in [0, 0.05) is 6.92 Å². The van der Waals surface area contributed by atoms with E-state index in [1.165, 1.54) is 13.8 Å². The summed E-state index contributed by atoms with van der Waals surface area (Å²) in [4.78, 5) is 55.6. The number of allylic oxidation sites excluding steroid dienone is 2. The molecule has 99 heavy (non-hydrogen) atoms. The lowest BCUT2D eigenvalue weighted by Gasteiger charge is -2.71. The fourth-order valence-corrected chi connectivity index (χ4v) is 19.2. The molecule has 0 spiro atoms. The minimum absolute atomic E-state index is 0.0278. The van der Waals surface area contributed by atoms with E-state index in [2.05, 4.69) is 40.7 Å². The van der Waals surface area contributed by atoms with E-state index in [1.54, 1.807) is 6.92 Å². The summed E-state index contributed by atoms with van der Waals surface area (Å²) in [7, 11) is 0. The first-order chi connectivity index (χ1) is 46.4. The van der Waals surface area contributed by atoms with E-state index < -0.39 is 266 Å². The lowest BCUT2D eigenvalue weighted by atomic mass is 9.33. The fourth-order valence-electron chi connectivity index (χ4n) is 19.2. The van der Waals surface area contributed by atoms with Gasteiger partial charge in [-0.3, -0.25) is 9.59 Å². The number of aliphatic hydroxyl groups is 15. The molecule has 33 nitrogen and oxygen atoms in total. The van der Waals surface area contributed by atoms with Crippen LogP contribution in [0, 0.1) is 50.2 Å². The van der Waals surface area contributed by atoms with Gasteiger partial charge in [0.1, 0.15) is 115 Å². The van der Waals surface area contributed by atoms with Gasteiger partial charge in [-0.05, 0) is 111 Å². The third kappa shape index (κ3) is 13.1. The van der Waals surface area contributed by atoms with Crippen LogP contribution in [0.5, 0.6) is 0 Å². The smallest absolute Gasteiger partial charge is 0.335 e. The molecule has 11 rings (SSSR count). The SMILES string of the molecule is CC(=O)O[C@@H]1[C@@H](O[C@H]2O[C@H](CO)[C@@H](O)[C@@H]2O)[C@H](O[C@H]2O[C@@H](C)[C@H](O[C@@H]3OC[C@@H](O)[C@H](O)[C@H]3O)[C@@H](O)[C@H]2O)[C@H](OC(=O)[C@]23CCC(C)(C)C[C@H]2C2=CC[C@@H]4[C@@]5(C)CC[C@H](O[C@@H]6O[C@H](C(=O)O)[C@@H](O)[C@H](O)[C@H]6O[C@H]6O[C@H](CO)[C@H](O)[C@H](O)[C@H]6O)[C@@](C)(C=O)[C@H]5CC[C@@]4(C)[C@]2(C)C[C@H]3O)O[C@@H]1C. The first-order valence-electron chi connectivity index (χ1n) is 34.4. The van der Waals surface area contributed by atoms with E-state index in [0.29, 0.717) is 38.5 Å². The van der Waals surface area contributed by atoms with Crippen molar-refractivity contribution in [2.45, 2.75) is 304 Å². The Bertz CT molecular complexity index is 2920. The third-order valence-corrected chi connectivity index (χ3v) is 25.1. The van der Waals surface area contributed by atoms with E-state index in [9.17, 15) is 96.1 Å². The summed E-state index contributed by atoms with van der Waals surface area (Å²) >= 11 is 0. The molecular weight excluding hydrogens is 1320 g/mol. The molecule has 0 aromatic rings. The van der Waals surface area contributed by atoms with Crippen molar-refractivity contribution in [3.05, 3.63) is 11.6 Å². The zero-order valence-corrected chi connectivity index (χ0v) is 56.8. The van der Waals surface area contributed by atoms with Crippen molar-refractivity contribution in [3.63, 3.8) is 0 Å². The van der Waals surface area contributed by atoms with Gasteiger partial charge in [0.25, 0.3) is 0 Å². The van der Waals surface area contributed by atoms with Crippen LogP contribution in [0.4, 0.5) is 0 Å². The number of carboxylic acids is 1. The predicted octanol–water partition coefficient (Wildman–Crippen LogP) is -4.24. The van der Waals surface area contributed by atoms with E-state index in [0.717, 1.165) is 18.8 Å². The number of fused-ring (bicyclic) bond motifs is 7. The zero-order valence-electron chi connectivity index (χ0n) is 56.8. The Morgan fingerprint density at radius 1 is 0.545 bits per heavy atom. The maximum atomic E-state index is 16.1. The average molecular weight is 1420 g/mol. The van der Waals surface area contributed by atoms with Gasteiger partial charge >= 0.3 is 17.9 Å². The average Bonchev–Trinajstić information content (AvgIpc) is 0.918. The number of rotatable bonds is 17. The Labute approximate surface area is 571 Å². The van der Waals surface area contributed by atoms with Crippen LogP contribution < -0.4 is 0 Å². The molecule has 6 saturated heterocycles. The highest BCUT2D eigenvalue weighted by Crippen LogP contribution is 2.76. The van der Waals surface area contributed by atoms with E-state index in [1.807, 2.05) is 0 Å². The van der Waals surface area contributed by atoms with E-state index in [4.69, 9.17) is 61.6 Å². The molecular formula is C66H102O33. The first-order valence-corrected chi connectivity index (χ1v) is 34.4. The number of aldehydes is 1. The van der Waals surface area contributed by atoms with Gasteiger partial charge in [0.15, 0.2) is 49.8 Å². The van der Waals surface area contributed by atoms with Gasteiger partial charge in [-0.15, -0.1) is 0 Å². The van der Waals surface area contributed by atoms with Crippen molar-refractivity contribution >= 4 is 24.2 Å². The molecule has 0 aromatic heterocycles. The van der Waals surface area contributed by atoms with Crippen LogP contribution in [0.25, 0.3) is 0 Å². The van der Waals surface area contributed by atoms with Crippen molar-refractivity contribution in [2.75, 3.05) is 19.8 Å². The van der Waals surface area contributed by atoms with Gasteiger partial charge < -0.3 is 148 Å². The molecule has 10 fully saturated rings. The van der Waals surface area contributed by atoms with Crippen molar-refractivity contribution in [2.24, 2.45) is 50.2 Å². The zero-order chi connectivity index (χ0) is 72.5. The highest BCUT2D eigenvalue weighted by Gasteiger charge is 2.73. The molecule has 564 valence electrons. The molecule has 6 heterocycles. The topological polar surface area (TPSA) is 512 Å². The summed E-state index contributed by atoms with van der Waals surface area (Å²) in [6.45, 7) is 14.1. The minimum atomic E-state index is -2.13. The molecule has 0 radical (unpaired) electrons. The monoisotopic (exact) mass is 1420 g/mol. The Morgan fingerprint density at radius 3 is 1.73 bits per heavy atom. The Balaban J connectivity index is 0.890. The second-order valence-corrected chi connectivity index (χ2v) is 31.3. The summed E-state index contributed by atoms with van der Waals surface area (Å²) in [5.41, 5.74) is -4.77. The highest BCUT2D eigenvalue weighted by molar-refractivity contribution is 5.80. The lowest BCUT2D eigenvalue weighted by Crippen LogP contribution is -2.69. The summed E-state index contributed by atoms with van der Waals surface area (Å²) in [6, 6.07) is 0. The van der Waals surface area contributed by atoms with Crippen LogP contribution in [0.2, 0.25) is 0 Å². The van der Waals surface area contributed by atoms with Crippen molar-refractivity contribution in [3.8, 4) is 0 Å². The first kappa shape index (κ1) is 76.9. The van der Waals surface area contributed by atoms with Crippen molar-refractivity contribution in [1.29, 1.82) is 0 Å². The fraction of sp³-hybridized carbons (Fsp3) is 0.909. The molecule has 4 saturated carbocycles. The van der Waals surface area contributed by atoms with Crippen LogP contribution >= 0.6 is 0 Å². The molecule has 6 aliphatic heterocycles. The van der Waals surface area contributed by atoms with Gasteiger partial charge in [0.2, 0.25) is 6.29 Å². The molecule has 0 unspecified atom stereocenters. The number of aliphatic carboxylic acids is 1. The van der Waals surface area contributed by atoms with Crippen molar-refractivity contribution < 1.29 is 162 Å².